The fourth-order valence-corrected chi connectivity index (χ4v) is 2.01. The Morgan fingerprint density at radius 2 is 1.93 bits per heavy atom. The van der Waals surface area contributed by atoms with Crippen molar-refractivity contribution in [3.05, 3.63) is 35.9 Å². The van der Waals surface area contributed by atoms with E-state index in [-0.39, 0.29) is 18.6 Å². The first-order chi connectivity index (χ1) is 7.20. The molecule has 15 heavy (non-hydrogen) atoms. The number of aliphatic hydroxyl groups excluding tert-OH is 2. The summed E-state index contributed by atoms with van der Waals surface area (Å²) in [5.41, 5.74) is 1.12. The molecule has 1 aliphatic heterocycles. The highest BCUT2D eigenvalue weighted by atomic mass is 16.5. The van der Waals surface area contributed by atoms with E-state index in [9.17, 15) is 10.2 Å². The molecule has 0 aliphatic carbocycles. The molecule has 3 nitrogen and oxygen atoms in total. The number of hydrogen-bond acceptors (Lipinski definition) is 3. The van der Waals surface area contributed by atoms with Gasteiger partial charge in [-0.05, 0) is 5.56 Å². The molecule has 1 aliphatic rings. The molecule has 82 valence electrons. The van der Waals surface area contributed by atoms with Gasteiger partial charge in [0.15, 0.2) is 0 Å². The van der Waals surface area contributed by atoms with Crippen LogP contribution in [-0.2, 0) is 4.74 Å². The number of ether oxygens (including phenoxy) is 1. The van der Waals surface area contributed by atoms with Crippen LogP contribution in [-0.4, -0.2) is 35.1 Å². The molecule has 0 spiro atoms. The summed E-state index contributed by atoms with van der Waals surface area (Å²) in [4.78, 5) is 0. The monoisotopic (exact) mass is 208 g/mol. The summed E-state index contributed by atoms with van der Waals surface area (Å²) in [6.45, 7) is 2.23. The Balaban J connectivity index is 2.12. The highest BCUT2D eigenvalue weighted by molar-refractivity contribution is 5.21. The van der Waals surface area contributed by atoms with Gasteiger partial charge in [-0.1, -0.05) is 37.3 Å². The molecule has 0 aromatic heterocycles. The van der Waals surface area contributed by atoms with E-state index in [1.165, 1.54) is 0 Å². The van der Waals surface area contributed by atoms with E-state index < -0.39 is 12.2 Å². The number of rotatable bonds is 2. The van der Waals surface area contributed by atoms with Crippen LogP contribution in [0.3, 0.4) is 0 Å². The summed E-state index contributed by atoms with van der Waals surface area (Å²) < 4.78 is 5.39. The lowest BCUT2D eigenvalue weighted by molar-refractivity contribution is 0.0123. The maximum Gasteiger partial charge on any atom is 0.109 e. The van der Waals surface area contributed by atoms with E-state index in [1.807, 2.05) is 37.3 Å². The van der Waals surface area contributed by atoms with Gasteiger partial charge in [-0.2, -0.15) is 0 Å². The average Bonchev–Trinajstić information content (AvgIpc) is 2.60. The van der Waals surface area contributed by atoms with Crippen LogP contribution in [0.4, 0.5) is 0 Å². The van der Waals surface area contributed by atoms with E-state index in [0.717, 1.165) is 5.56 Å². The third kappa shape index (κ3) is 2.04. The van der Waals surface area contributed by atoms with Crippen molar-refractivity contribution in [2.24, 2.45) is 0 Å². The van der Waals surface area contributed by atoms with Crippen LogP contribution in [0.5, 0.6) is 0 Å². The fourth-order valence-electron chi connectivity index (χ4n) is 2.01. The highest BCUT2D eigenvalue weighted by Gasteiger charge is 2.38. The van der Waals surface area contributed by atoms with Gasteiger partial charge in [-0.15, -0.1) is 0 Å². The molecule has 2 rings (SSSR count). The van der Waals surface area contributed by atoms with Gasteiger partial charge in [-0.3, -0.25) is 0 Å². The largest absolute Gasteiger partial charge is 0.388 e. The molecular formula is C12H16O3. The molecule has 0 amide bonds. The Morgan fingerprint density at radius 3 is 2.47 bits per heavy atom. The van der Waals surface area contributed by atoms with Gasteiger partial charge in [0.1, 0.15) is 12.2 Å². The van der Waals surface area contributed by atoms with Crippen molar-refractivity contribution in [1.29, 1.82) is 0 Å². The third-order valence-corrected chi connectivity index (χ3v) is 3.01. The van der Waals surface area contributed by atoms with Gasteiger partial charge < -0.3 is 14.9 Å². The minimum absolute atomic E-state index is 0.0957. The molecule has 0 saturated carbocycles. The van der Waals surface area contributed by atoms with Crippen LogP contribution in [0.1, 0.15) is 18.4 Å². The zero-order valence-corrected chi connectivity index (χ0v) is 8.71. The lowest BCUT2D eigenvalue weighted by Gasteiger charge is -2.22. The standard InChI is InChI=1S/C12H16O3/c1-8(9-5-3-2-4-6-9)12-11(14)10(13)7-15-12/h2-6,8,10-14H,7H2,1H3. The van der Waals surface area contributed by atoms with E-state index in [0.29, 0.717) is 0 Å². The molecule has 4 unspecified atom stereocenters. The maximum atomic E-state index is 9.71. The quantitative estimate of drug-likeness (QED) is 0.759. The van der Waals surface area contributed by atoms with Gasteiger partial charge in [0.2, 0.25) is 0 Å². The lowest BCUT2D eigenvalue weighted by Crippen LogP contribution is -2.33. The zero-order valence-electron chi connectivity index (χ0n) is 8.71. The smallest absolute Gasteiger partial charge is 0.109 e. The Kier molecular flexibility index (Phi) is 3.05. The first-order valence-corrected chi connectivity index (χ1v) is 5.23. The normalized spacial score (nSPS) is 32.9. The Hall–Kier alpha value is -0.900. The van der Waals surface area contributed by atoms with Crippen molar-refractivity contribution >= 4 is 0 Å². The molecule has 3 heteroatoms. The van der Waals surface area contributed by atoms with Crippen LogP contribution >= 0.6 is 0 Å². The van der Waals surface area contributed by atoms with E-state index in [2.05, 4.69) is 0 Å². The molecule has 2 N–H and O–H groups in total. The molecule has 1 saturated heterocycles. The zero-order chi connectivity index (χ0) is 10.8. The summed E-state index contributed by atoms with van der Waals surface area (Å²) in [5, 5.41) is 19.1. The molecule has 4 atom stereocenters. The minimum Gasteiger partial charge on any atom is -0.388 e. The summed E-state index contributed by atoms with van der Waals surface area (Å²) in [5.74, 6) is 0.0957. The predicted molar refractivity (Wildman–Crippen MR) is 56.6 cm³/mol. The van der Waals surface area contributed by atoms with Crippen molar-refractivity contribution in [3.8, 4) is 0 Å². The maximum absolute atomic E-state index is 9.71. The Morgan fingerprint density at radius 1 is 1.27 bits per heavy atom. The highest BCUT2D eigenvalue weighted by Crippen LogP contribution is 2.28. The molecule has 1 heterocycles. The van der Waals surface area contributed by atoms with E-state index in [1.54, 1.807) is 0 Å². The van der Waals surface area contributed by atoms with Crippen molar-refractivity contribution in [3.63, 3.8) is 0 Å². The van der Waals surface area contributed by atoms with Crippen LogP contribution in [0.25, 0.3) is 0 Å². The number of aliphatic hydroxyl groups is 2. The van der Waals surface area contributed by atoms with Crippen LogP contribution in [0, 0.1) is 0 Å². The summed E-state index contributed by atoms with van der Waals surface area (Å²) >= 11 is 0. The molecular weight excluding hydrogens is 192 g/mol. The molecule has 1 aromatic carbocycles. The van der Waals surface area contributed by atoms with Crippen LogP contribution in [0.15, 0.2) is 30.3 Å². The minimum atomic E-state index is -0.778. The van der Waals surface area contributed by atoms with E-state index in [4.69, 9.17) is 4.74 Å². The lowest BCUT2D eigenvalue weighted by atomic mass is 9.92. The average molecular weight is 208 g/mol. The second-order valence-corrected chi connectivity index (χ2v) is 4.06. The fraction of sp³-hybridized carbons (Fsp3) is 0.500. The molecule has 1 aromatic rings. The second-order valence-electron chi connectivity index (χ2n) is 4.06. The molecule has 0 bridgehead atoms. The summed E-state index contributed by atoms with van der Waals surface area (Å²) in [7, 11) is 0. The van der Waals surface area contributed by atoms with Crippen LogP contribution < -0.4 is 0 Å². The van der Waals surface area contributed by atoms with Gasteiger partial charge >= 0.3 is 0 Å². The SMILES string of the molecule is CC(c1ccccc1)C1OCC(O)C1O. The second kappa shape index (κ2) is 4.31. The van der Waals surface area contributed by atoms with Crippen molar-refractivity contribution in [2.75, 3.05) is 6.61 Å². The number of benzene rings is 1. The predicted octanol–water partition coefficient (Wildman–Crippen LogP) is 0.911. The van der Waals surface area contributed by atoms with Gasteiger partial charge in [0.25, 0.3) is 0 Å². The molecule has 0 radical (unpaired) electrons. The Bertz CT molecular complexity index is 312. The Labute approximate surface area is 89.3 Å². The molecule has 1 fully saturated rings. The summed E-state index contributed by atoms with van der Waals surface area (Å²) in [6.07, 6.45) is -1.83. The van der Waals surface area contributed by atoms with Crippen molar-refractivity contribution in [2.45, 2.75) is 31.2 Å². The first kappa shape index (κ1) is 10.6. The third-order valence-electron chi connectivity index (χ3n) is 3.01. The van der Waals surface area contributed by atoms with E-state index >= 15 is 0 Å². The van der Waals surface area contributed by atoms with Gasteiger partial charge in [-0.25, -0.2) is 0 Å². The topological polar surface area (TPSA) is 49.7 Å². The van der Waals surface area contributed by atoms with Crippen molar-refractivity contribution < 1.29 is 14.9 Å². The van der Waals surface area contributed by atoms with Crippen LogP contribution in [0.2, 0.25) is 0 Å². The van der Waals surface area contributed by atoms with Gasteiger partial charge in [0, 0.05) is 5.92 Å². The number of hydrogen-bond donors (Lipinski definition) is 2. The van der Waals surface area contributed by atoms with Gasteiger partial charge in [0.05, 0.1) is 12.7 Å². The summed E-state index contributed by atoms with van der Waals surface area (Å²) in [6, 6.07) is 9.89. The first-order valence-electron chi connectivity index (χ1n) is 5.23. The van der Waals surface area contributed by atoms with Crippen molar-refractivity contribution in [1.82, 2.24) is 0 Å².